The minimum Gasteiger partial charge on any atom is -0.453 e. The third-order valence-corrected chi connectivity index (χ3v) is 2.71. The molecule has 0 saturated heterocycles. The summed E-state index contributed by atoms with van der Waals surface area (Å²) in [5, 5.41) is 4.04. The minimum atomic E-state index is 0.0561. The Balaban J connectivity index is 2.12. The number of carbonyl (C=O) groups excluding carboxylic acids is 1. The van der Waals surface area contributed by atoms with E-state index >= 15 is 0 Å². The van der Waals surface area contributed by atoms with E-state index in [0.717, 1.165) is 10.2 Å². The molecule has 2 rings (SSSR count). The Hall–Kier alpha value is -1.62. The van der Waals surface area contributed by atoms with E-state index in [2.05, 4.69) is 21.0 Å². The quantitative estimate of drug-likeness (QED) is 0.871. The number of ketones is 1. The van der Waals surface area contributed by atoms with Gasteiger partial charge in [0, 0.05) is 0 Å². The number of para-hydroxylation sites is 1. The zero-order valence-electron chi connectivity index (χ0n) is 9.26. The molecule has 0 aliphatic heterocycles. The summed E-state index contributed by atoms with van der Waals surface area (Å²) >= 11 is 3.39. The first-order chi connectivity index (χ1) is 8.15. The summed E-state index contributed by atoms with van der Waals surface area (Å²) in [5.41, 5.74) is 0. The monoisotopic (exact) mass is 294 g/mol. The van der Waals surface area contributed by atoms with Gasteiger partial charge in [0.25, 0.3) is 0 Å². The largest absolute Gasteiger partial charge is 0.453 e. The molecule has 5 heteroatoms. The van der Waals surface area contributed by atoms with Crippen molar-refractivity contribution in [1.29, 1.82) is 0 Å². The number of halogens is 1. The van der Waals surface area contributed by atoms with Gasteiger partial charge in [-0.2, -0.15) is 5.10 Å². The zero-order chi connectivity index (χ0) is 12.3. The minimum absolute atomic E-state index is 0.0561. The third-order valence-electron chi connectivity index (χ3n) is 2.06. The van der Waals surface area contributed by atoms with Crippen LogP contribution in [0.1, 0.15) is 6.92 Å². The molecular formula is C12H11BrN2O2. The first-order valence-corrected chi connectivity index (χ1v) is 5.89. The molecule has 0 spiro atoms. The van der Waals surface area contributed by atoms with Gasteiger partial charge in [-0.25, -0.2) is 0 Å². The molecule has 0 atom stereocenters. The van der Waals surface area contributed by atoms with Crippen LogP contribution in [0, 0.1) is 0 Å². The maximum absolute atomic E-state index is 10.9. The Morgan fingerprint density at radius 3 is 2.94 bits per heavy atom. The molecular weight excluding hydrogens is 284 g/mol. The molecule has 17 heavy (non-hydrogen) atoms. The van der Waals surface area contributed by atoms with Gasteiger partial charge < -0.3 is 4.74 Å². The molecule has 1 aromatic carbocycles. The number of benzene rings is 1. The summed E-state index contributed by atoms with van der Waals surface area (Å²) in [5.74, 6) is 1.38. The number of rotatable bonds is 4. The van der Waals surface area contributed by atoms with Crippen LogP contribution < -0.4 is 4.74 Å². The van der Waals surface area contributed by atoms with Crippen molar-refractivity contribution >= 4 is 21.7 Å². The van der Waals surface area contributed by atoms with Crippen molar-refractivity contribution in [3.05, 3.63) is 41.1 Å². The highest BCUT2D eigenvalue weighted by Gasteiger charge is 2.05. The molecule has 0 bridgehead atoms. The van der Waals surface area contributed by atoms with Crippen molar-refractivity contribution in [2.75, 3.05) is 0 Å². The predicted molar refractivity (Wildman–Crippen MR) is 67.1 cm³/mol. The lowest BCUT2D eigenvalue weighted by atomic mass is 10.3. The van der Waals surface area contributed by atoms with Crippen molar-refractivity contribution in [3.8, 4) is 11.5 Å². The highest BCUT2D eigenvalue weighted by atomic mass is 79.9. The molecule has 0 fully saturated rings. The van der Waals surface area contributed by atoms with E-state index in [-0.39, 0.29) is 12.3 Å². The van der Waals surface area contributed by atoms with Crippen molar-refractivity contribution < 1.29 is 9.53 Å². The van der Waals surface area contributed by atoms with Gasteiger partial charge >= 0.3 is 0 Å². The van der Waals surface area contributed by atoms with E-state index < -0.39 is 0 Å². The summed E-state index contributed by atoms with van der Waals surface area (Å²) in [6.45, 7) is 1.79. The zero-order valence-corrected chi connectivity index (χ0v) is 10.8. The first-order valence-electron chi connectivity index (χ1n) is 5.09. The molecule has 88 valence electrons. The SMILES string of the molecule is CC(=O)Cn1cc(Oc2ccccc2Br)cn1. The average Bonchev–Trinajstić information content (AvgIpc) is 2.68. The Bertz CT molecular complexity index is 537. The Labute approximate surface area is 107 Å². The lowest BCUT2D eigenvalue weighted by molar-refractivity contribution is -0.117. The fraction of sp³-hybridized carbons (Fsp3) is 0.167. The maximum Gasteiger partial charge on any atom is 0.165 e. The van der Waals surface area contributed by atoms with E-state index in [9.17, 15) is 4.79 Å². The van der Waals surface area contributed by atoms with Crippen LogP contribution >= 0.6 is 15.9 Å². The highest BCUT2D eigenvalue weighted by Crippen LogP contribution is 2.28. The molecule has 0 aliphatic rings. The molecule has 2 aromatic rings. The van der Waals surface area contributed by atoms with Crippen LogP contribution in [0.2, 0.25) is 0 Å². The summed E-state index contributed by atoms with van der Waals surface area (Å²) in [6.07, 6.45) is 3.28. The Morgan fingerprint density at radius 2 is 2.24 bits per heavy atom. The number of nitrogens with zero attached hydrogens (tertiary/aromatic N) is 2. The van der Waals surface area contributed by atoms with Crippen molar-refractivity contribution in [3.63, 3.8) is 0 Å². The molecule has 0 radical (unpaired) electrons. The molecule has 4 nitrogen and oxygen atoms in total. The van der Waals surface area contributed by atoms with E-state index in [1.165, 1.54) is 6.92 Å². The van der Waals surface area contributed by atoms with Crippen LogP contribution in [0.25, 0.3) is 0 Å². The molecule has 0 N–H and O–H groups in total. The second kappa shape index (κ2) is 5.14. The number of Topliss-reactive ketones (excluding diaryl/α,β-unsaturated/α-hetero) is 1. The van der Waals surface area contributed by atoms with Crippen LogP contribution in [-0.4, -0.2) is 15.6 Å². The number of ether oxygens (including phenoxy) is 1. The lowest BCUT2D eigenvalue weighted by Crippen LogP contribution is -2.05. The number of hydrogen-bond donors (Lipinski definition) is 0. The van der Waals surface area contributed by atoms with Gasteiger partial charge in [-0.15, -0.1) is 0 Å². The molecule has 0 unspecified atom stereocenters. The number of hydrogen-bond acceptors (Lipinski definition) is 3. The topological polar surface area (TPSA) is 44.1 Å². The second-order valence-corrected chi connectivity index (χ2v) is 4.46. The molecule has 1 heterocycles. The fourth-order valence-corrected chi connectivity index (χ4v) is 1.73. The van der Waals surface area contributed by atoms with E-state index in [0.29, 0.717) is 5.75 Å². The Morgan fingerprint density at radius 1 is 1.47 bits per heavy atom. The normalized spacial score (nSPS) is 10.2. The van der Waals surface area contributed by atoms with Crippen LogP contribution in [-0.2, 0) is 11.3 Å². The van der Waals surface area contributed by atoms with Gasteiger partial charge in [0.1, 0.15) is 5.75 Å². The maximum atomic E-state index is 10.9. The molecule has 1 aromatic heterocycles. The van der Waals surface area contributed by atoms with Gasteiger partial charge in [-0.1, -0.05) is 12.1 Å². The van der Waals surface area contributed by atoms with E-state index in [4.69, 9.17) is 4.74 Å². The van der Waals surface area contributed by atoms with Crippen molar-refractivity contribution in [2.24, 2.45) is 0 Å². The summed E-state index contributed by atoms with van der Waals surface area (Å²) in [4.78, 5) is 10.9. The van der Waals surface area contributed by atoms with Gasteiger partial charge in [0.05, 0.1) is 23.4 Å². The fourth-order valence-electron chi connectivity index (χ4n) is 1.37. The van der Waals surface area contributed by atoms with Crippen LogP contribution in [0.5, 0.6) is 11.5 Å². The van der Waals surface area contributed by atoms with Gasteiger partial charge in [0.15, 0.2) is 11.5 Å². The van der Waals surface area contributed by atoms with Crippen LogP contribution in [0.4, 0.5) is 0 Å². The summed E-state index contributed by atoms with van der Waals surface area (Å²) < 4.78 is 8.05. The third kappa shape index (κ3) is 3.17. The van der Waals surface area contributed by atoms with Crippen molar-refractivity contribution in [1.82, 2.24) is 9.78 Å². The number of aromatic nitrogens is 2. The molecule has 0 amide bonds. The van der Waals surface area contributed by atoms with E-state index in [1.807, 2.05) is 24.3 Å². The predicted octanol–water partition coefficient (Wildman–Crippen LogP) is 3.03. The van der Waals surface area contributed by atoms with Gasteiger partial charge in [-0.3, -0.25) is 9.48 Å². The molecule has 0 aliphatic carbocycles. The smallest absolute Gasteiger partial charge is 0.165 e. The van der Waals surface area contributed by atoms with Crippen LogP contribution in [0.3, 0.4) is 0 Å². The van der Waals surface area contributed by atoms with Gasteiger partial charge in [-0.05, 0) is 35.0 Å². The van der Waals surface area contributed by atoms with Crippen LogP contribution in [0.15, 0.2) is 41.1 Å². The van der Waals surface area contributed by atoms with Crippen molar-refractivity contribution in [2.45, 2.75) is 13.5 Å². The van der Waals surface area contributed by atoms with E-state index in [1.54, 1.807) is 17.1 Å². The number of carbonyl (C=O) groups is 1. The molecule has 0 saturated carbocycles. The summed E-state index contributed by atoms with van der Waals surface area (Å²) in [6, 6.07) is 7.55. The standard InChI is InChI=1S/C12H11BrN2O2/c1-9(16)7-15-8-10(6-14-15)17-12-5-3-2-4-11(12)13/h2-6,8H,7H2,1H3. The summed E-state index contributed by atoms with van der Waals surface area (Å²) in [7, 11) is 0. The second-order valence-electron chi connectivity index (χ2n) is 3.61. The lowest BCUT2D eigenvalue weighted by Gasteiger charge is -2.04. The average molecular weight is 295 g/mol. The highest BCUT2D eigenvalue weighted by molar-refractivity contribution is 9.10. The Kier molecular flexibility index (Phi) is 3.58. The van der Waals surface area contributed by atoms with Gasteiger partial charge in [0.2, 0.25) is 0 Å². The first kappa shape index (κ1) is 11.9.